The molecule has 0 bridgehead atoms. The summed E-state index contributed by atoms with van der Waals surface area (Å²) in [5.41, 5.74) is 0. The monoisotopic (exact) mass is 168 g/mol. The number of hydrogen-bond donors (Lipinski definition) is 4. The molecule has 1 rings (SSSR count). The van der Waals surface area contributed by atoms with E-state index in [4.69, 9.17) is 20.4 Å². The van der Waals surface area contributed by atoms with Crippen LogP contribution in [0.3, 0.4) is 0 Å². The first-order valence-corrected chi connectivity index (χ1v) is 3.05. The first-order chi connectivity index (χ1) is 4.99. The standard InChI is InChI=1S/C5H9FO5/c6-5(10)4(9)3(8)2(1-7)11-5/h2-4,7-10H,1H2/t2-,3-,4-,5?/m1/s1. The molecule has 0 aromatic rings. The Balaban J connectivity index is 2.69. The van der Waals surface area contributed by atoms with E-state index in [0.29, 0.717) is 0 Å². The molecular formula is C5H9FO5. The van der Waals surface area contributed by atoms with Crippen LogP contribution in [0.1, 0.15) is 0 Å². The fourth-order valence-corrected chi connectivity index (χ4v) is 0.911. The van der Waals surface area contributed by atoms with Gasteiger partial charge in [-0.2, -0.15) is 4.39 Å². The number of halogens is 1. The molecule has 0 saturated carbocycles. The molecule has 1 heterocycles. The molecule has 5 nitrogen and oxygen atoms in total. The van der Waals surface area contributed by atoms with Crippen LogP contribution in [0, 0.1) is 0 Å². The van der Waals surface area contributed by atoms with Crippen LogP contribution in [0.2, 0.25) is 0 Å². The van der Waals surface area contributed by atoms with E-state index in [2.05, 4.69) is 4.74 Å². The van der Waals surface area contributed by atoms with E-state index >= 15 is 0 Å². The van der Waals surface area contributed by atoms with E-state index in [1.807, 2.05) is 0 Å². The summed E-state index contributed by atoms with van der Waals surface area (Å²) >= 11 is 0. The summed E-state index contributed by atoms with van der Waals surface area (Å²) in [5, 5.41) is 34.5. The van der Waals surface area contributed by atoms with E-state index < -0.39 is 31.0 Å². The van der Waals surface area contributed by atoms with Crippen molar-refractivity contribution < 1.29 is 29.6 Å². The third-order valence-corrected chi connectivity index (χ3v) is 1.57. The maximum Gasteiger partial charge on any atom is 0.347 e. The van der Waals surface area contributed by atoms with Crippen LogP contribution in [0.25, 0.3) is 0 Å². The van der Waals surface area contributed by atoms with Crippen molar-refractivity contribution in [2.75, 3.05) is 6.61 Å². The number of aliphatic hydroxyl groups excluding tert-OH is 3. The van der Waals surface area contributed by atoms with Crippen LogP contribution < -0.4 is 0 Å². The topological polar surface area (TPSA) is 90.2 Å². The maximum atomic E-state index is 12.5. The molecule has 11 heavy (non-hydrogen) atoms. The van der Waals surface area contributed by atoms with E-state index in [0.717, 1.165) is 0 Å². The van der Waals surface area contributed by atoms with Crippen LogP contribution in [0.5, 0.6) is 0 Å². The van der Waals surface area contributed by atoms with E-state index in [9.17, 15) is 4.39 Å². The van der Waals surface area contributed by atoms with E-state index in [-0.39, 0.29) is 0 Å². The largest absolute Gasteiger partial charge is 0.394 e. The average Bonchev–Trinajstić information content (AvgIpc) is 2.13. The van der Waals surface area contributed by atoms with Crippen molar-refractivity contribution in [3.8, 4) is 0 Å². The molecule has 0 aliphatic carbocycles. The van der Waals surface area contributed by atoms with Crippen molar-refractivity contribution in [2.24, 2.45) is 0 Å². The van der Waals surface area contributed by atoms with Gasteiger partial charge in [0.05, 0.1) is 6.61 Å². The van der Waals surface area contributed by atoms with Gasteiger partial charge < -0.3 is 25.2 Å². The van der Waals surface area contributed by atoms with Crippen LogP contribution >= 0.6 is 0 Å². The highest BCUT2D eigenvalue weighted by atomic mass is 19.2. The van der Waals surface area contributed by atoms with E-state index in [1.54, 1.807) is 0 Å². The molecule has 1 aliphatic heterocycles. The number of hydrogen-bond acceptors (Lipinski definition) is 5. The molecule has 1 saturated heterocycles. The van der Waals surface area contributed by atoms with Gasteiger partial charge in [-0.3, -0.25) is 0 Å². The van der Waals surface area contributed by atoms with Gasteiger partial charge in [-0.05, 0) is 0 Å². The van der Waals surface area contributed by atoms with Gasteiger partial charge >= 0.3 is 6.04 Å². The Morgan fingerprint density at radius 1 is 1.45 bits per heavy atom. The zero-order chi connectivity index (χ0) is 8.65. The Hall–Kier alpha value is -0.270. The predicted octanol–water partition coefficient (Wildman–Crippen LogP) is -2.29. The van der Waals surface area contributed by atoms with Crippen LogP contribution in [-0.4, -0.2) is 51.4 Å². The summed E-state index contributed by atoms with van der Waals surface area (Å²) in [7, 11) is 0. The molecule has 1 unspecified atom stereocenters. The fourth-order valence-electron chi connectivity index (χ4n) is 0.911. The van der Waals surface area contributed by atoms with Gasteiger partial charge in [0, 0.05) is 0 Å². The third-order valence-electron chi connectivity index (χ3n) is 1.57. The zero-order valence-corrected chi connectivity index (χ0v) is 5.51. The zero-order valence-electron chi connectivity index (χ0n) is 5.51. The molecule has 66 valence electrons. The smallest absolute Gasteiger partial charge is 0.347 e. The van der Waals surface area contributed by atoms with Crippen LogP contribution in [-0.2, 0) is 4.74 Å². The van der Waals surface area contributed by atoms with Gasteiger partial charge in [0.1, 0.15) is 12.2 Å². The Bertz CT molecular complexity index is 150. The number of alkyl halides is 1. The Morgan fingerprint density at radius 2 is 2.00 bits per heavy atom. The number of ether oxygens (including phenoxy) is 1. The minimum atomic E-state index is -3.26. The highest BCUT2D eigenvalue weighted by Gasteiger charge is 2.54. The molecule has 1 fully saturated rings. The summed E-state index contributed by atoms with van der Waals surface area (Å²) < 4.78 is 16.6. The van der Waals surface area contributed by atoms with Crippen molar-refractivity contribution >= 4 is 0 Å². The lowest BCUT2D eigenvalue weighted by Crippen LogP contribution is -2.39. The van der Waals surface area contributed by atoms with E-state index in [1.165, 1.54) is 0 Å². The lowest BCUT2D eigenvalue weighted by molar-refractivity contribution is -0.310. The summed E-state index contributed by atoms with van der Waals surface area (Å²) in [6.45, 7) is -0.662. The normalized spacial score (nSPS) is 51.5. The second-order valence-electron chi connectivity index (χ2n) is 2.38. The summed E-state index contributed by atoms with van der Waals surface area (Å²) in [6.07, 6.45) is -4.91. The summed E-state index contributed by atoms with van der Waals surface area (Å²) in [4.78, 5) is 0. The van der Waals surface area contributed by atoms with Gasteiger partial charge in [0.25, 0.3) is 0 Å². The van der Waals surface area contributed by atoms with Gasteiger partial charge in [0.2, 0.25) is 0 Å². The first-order valence-electron chi connectivity index (χ1n) is 3.05. The highest BCUT2D eigenvalue weighted by molar-refractivity contribution is 4.89. The fraction of sp³-hybridized carbons (Fsp3) is 1.00. The molecule has 0 aromatic heterocycles. The van der Waals surface area contributed by atoms with Crippen LogP contribution in [0.15, 0.2) is 0 Å². The Labute approximate surface area is 61.6 Å². The van der Waals surface area contributed by atoms with Gasteiger partial charge in [-0.25, -0.2) is 0 Å². The highest BCUT2D eigenvalue weighted by Crippen LogP contribution is 2.29. The predicted molar refractivity (Wildman–Crippen MR) is 30.0 cm³/mol. The van der Waals surface area contributed by atoms with Gasteiger partial charge in [-0.15, -0.1) is 0 Å². The average molecular weight is 168 g/mol. The van der Waals surface area contributed by atoms with Gasteiger partial charge in [-0.1, -0.05) is 0 Å². The van der Waals surface area contributed by atoms with Crippen molar-refractivity contribution in [3.63, 3.8) is 0 Å². The van der Waals surface area contributed by atoms with Crippen molar-refractivity contribution in [1.29, 1.82) is 0 Å². The van der Waals surface area contributed by atoms with Crippen molar-refractivity contribution in [2.45, 2.75) is 24.4 Å². The number of aliphatic hydroxyl groups is 4. The molecular weight excluding hydrogens is 159 g/mol. The Kier molecular flexibility index (Phi) is 2.13. The molecule has 4 N–H and O–H groups in total. The van der Waals surface area contributed by atoms with Crippen molar-refractivity contribution in [1.82, 2.24) is 0 Å². The number of rotatable bonds is 1. The minimum Gasteiger partial charge on any atom is -0.394 e. The molecule has 4 atom stereocenters. The second kappa shape index (κ2) is 2.65. The quantitative estimate of drug-likeness (QED) is 0.354. The summed E-state index contributed by atoms with van der Waals surface area (Å²) in [5.74, 6) is 0. The minimum absolute atomic E-state index is 0.662. The SMILES string of the molecule is OC[C@H]1OC(O)(F)[C@H](O)[C@@H]1O. The van der Waals surface area contributed by atoms with Gasteiger partial charge in [0.15, 0.2) is 6.10 Å². The molecule has 1 aliphatic rings. The lowest BCUT2D eigenvalue weighted by Gasteiger charge is -2.14. The first kappa shape index (κ1) is 8.82. The summed E-state index contributed by atoms with van der Waals surface area (Å²) in [6, 6.07) is -3.26. The second-order valence-corrected chi connectivity index (χ2v) is 2.38. The third kappa shape index (κ3) is 1.35. The molecule has 0 aromatic carbocycles. The molecule has 0 radical (unpaired) electrons. The lowest BCUT2D eigenvalue weighted by atomic mass is 10.1. The molecule has 0 spiro atoms. The molecule has 6 heteroatoms. The van der Waals surface area contributed by atoms with Crippen molar-refractivity contribution in [3.05, 3.63) is 0 Å². The Morgan fingerprint density at radius 3 is 2.18 bits per heavy atom. The molecule has 0 amide bonds. The maximum absolute atomic E-state index is 12.5. The van der Waals surface area contributed by atoms with Crippen LogP contribution in [0.4, 0.5) is 4.39 Å².